The molecule has 19 heavy (non-hydrogen) atoms. The summed E-state index contributed by atoms with van der Waals surface area (Å²) in [6.07, 6.45) is 8.69. The second-order valence-electron chi connectivity index (χ2n) is 6.17. The maximum atomic E-state index is 5.78. The molecule has 2 aliphatic rings. The first-order valence-electron chi connectivity index (χ1n) is 7.60. The van der Waals surface area contributed by atoms with Gasteiger partial charge in [0, 0.05) is 13.2 Å². The second-order valence-corrected chi connectivity index (χ2v) is 6.17. The van der Waals surface area contributed by atoms with Crippen molar-refractivity contribution < 1.29 is 4.74 Å². The van der Waals surface area contributed by atoms with Gasteiger partial charge in [0.15, 0.2) is 0 Å². The normalized spacial score (nSPS) is 21.8. The number of rotatable bonds is 5. The van der Waals surface area contributed by atoms with Crippen LogP contribution in [0, 0.1) is 0 Å². The zero-order chi connectivity index (χ0) is 13.3. The molecule has 0 heterocycles. The van der Waals surface area contributed by atoms with Gasteiger partial charge in [-0.2, -0.15) is 0 Å². The molecular weight excluding hydrogens is 234 g/mol. The Morgan fingerprint density at radius 2 is 2.00 bits per heavy atom. The molecule has 0 aliphatic heterocycles. The van der Waals surface area contributed by atoms with Gasteiger partial charge in [0.1, 0.15) is 0 Å². The lowest BCUT2D eigenvalue weighted by Crippen LogP contribution is -2.42. The maximum Gasteiger partial charge on any atom is 0.0697 e. The second kappa shape index (κ2) is 5.26. The lowest BCUT2D eigenvalue weighted by atomic mass is 9.74. The van der Waals surface area contributed by atoms with Gasteiger partial charge in [-0.05, 0) is 68.7 Å². The quantitative estimate of drug-likeness (QED) is 0.875. The molecule has 104 valence electrons. The van der Waals surface area contributed by atoms with Crippen molar-refractivity contribution in [1.29, 1.82) is 0 Å². The average molecular weight is 259 g/mol. The summed E-state index contributed by atoms with van der Waals surface area (Å²) < 4.78 is 5.78. The van der Waals surface area contributed by atoms with Gasteiger partial charge in [-0.3, -0.25) is 0 Å². The molecule has 0 saturated heterocycles. The Kier molecular flexibility index (Phi) is 3.64. The fourth-order valence-corrected chi connectivity index (χ4v) is 3.63. The highest BCUT2D eigenvalue weighted by molar-refractivity contribution is 5.36. The van der Waals surface area contributed by atoms with E-state index in [2.05, 4.69) is 30.6 Å². The van der Waals surface area contributed by atoms with E-state index in [1.807, 2.05) is 7.11 Å². The molecular formula is C17H25NO. The van der Waals surface area contributed by atoms with Crippen molar-refractivity contribution in [3.8, 4) is 0 Å². The minimum atomic E-state index is 0.132. The lowest BCUT2D eigenvalue weighted by Gasteiger charge is -2.43. The van der Waals surface area contributed by atoms with E-state index in [1.165, 1.54) is 44.1 Å². The Hall–Kier alpha value is -0.860. The Balaban J connectivity index is 1.78. The predicted molar refractivity (Wildman–Crippen MR) is 78.5 cm³/mol. The molecule has 3 rings (SSSR count). The number of fused-ring (bicyclic) bond motifs is 1. The van der Waals surface area contributed by atoms with Crippen molar-refractivity contribution in [1.82, 2.24) is 5.32 Å². The molecule has 0 spiro atoms. The highest BCUT2D eigenvalue weighted by Gasteiger charge is 2.39. The van der Waals surface area contributed by atoms with Gasteiger partial charge < -0.3 is 10.1 Å². The zero-order valence-corrected chi connectivity index (χ0v) is 12.2. The average Bonchev–Trinajstić information content (AvgIpc) is 2.85. The van der Waals surface area contributed by atoms with Crippen molar-refractivity contribution in [2.45, 2.75) is 56.6 Å². The van der Waals surface area contributed by atoms with Crippen molar-refractivity contribution in [3.63, 3.8) is 0 Å². The largest absolute Gasteiger partial charge is 0.378 e. The van der Waals surface area contributed by atoms with Crippen molar-refractivity contribution in [3.05, 3.63) is 34.9 Å². The van der Waals surface area contributed by atoms with E-state index >= 15 is 0 Å². The van der Waals surface area contributed by atoms with Crippen LogP contribution in [-0.4, -0.2) is 19.8 Å². The van der Waals surface area contributed by atoms with Gasteiger partial charge >= 0.3 is 0 Å². The van der Waals surface area contributed by atoms with Crippen LogP contribution in [0.3, 0.4) is 0 Å². The van der Waals surface area contributed by atoms with Crippen LogP contribution in [0.1, 0.15) is 54.8 Å². The van der Waals surface area contributed by atoms with E-state index in [0.717, 1.165) is 6.42 Å². The first kappa shape index (κ1) is 13.1. The van der Waals surface area contributed by atoms with Crippen molar-refractivity contribution in [2.24, 2.45) is 0 Å². The van der Waals surface area contributed by atoms with Gasteiger partial charge in [-0.1, -0.05) is 18.2 Å². The number of nitrogens with one attached hydrogen (secondary N) is 1. The van der Waals surface area contributed by atoms with E-state index in [9.17, 15) is 0 Å². The number of aryl methyl sites for hydroxylation is 2. The number of methoxy groups -OCH3 is 1. The van der Waals surface area contributed by atoms with E-state index in [-0.39, 0.29) is 5.60 Å². The van der Waals surface area contributed by atoms with Crippen LogP contribution < -0.4 is 5.32 Å². The van der Waals surface area contributed by atoms with E-state index in [1.54, 1.807) is 11.1 Å². The number of hydrogen-bond acceptors (Lipinski definition) is 2. The van der Waals surface area contributed by atoms with Crippen molar-refractivity contribution in [2.75, 3.05) is 14.2 Å². The summed E-state index contributed by atoms with van der Waals surface area (Å²) in [7, 11) is 3.94. The Morgan fingerprint density at radius 1 is 1.21 bits per heavy atom. The fourth-order valence-electron chi connectivity index (χ4n) is 3.63. The van der Waals surface area contributed by atoms with Crippen LogP contribution in [0.25, 0.3) is 0 Å². The van der Waals surface area contributed by atoms with Gasteiger partial charge in [-0.15, -0.1) is 0 Å². The molecule has 1 saturated carbocycles. The highest BCUT2D eigenvalue weighted by Crippen LogP contribution is 2.42. The lowest BCUT2D eigenvalue weighted by molar-refractivity contribution is -0.0834. The monoisotopic (exact) mass is 259 g/mol. The Morgan fingerprint density at radius 3 is 2.63 bits per heavy atom. The first-order chi connectivity index (χ1) is 9.26. The third-order valence-corrected chi connectivity index (χ3v) is 5.15. The number of benzene rings is 1. The number of hydrogen-bond donors (Lipinski definition) is 1. The van der Waals surface area contributed by atoms with Crippen LogP contribution in [0.5, 0.6) is 0 Å². The molecule has 0 bridgehead atoms. The summed E-state index contributed by atoms with van der Waals surface area (Å²) in [4.78, 5) is 0. The topological polar surface area (TPSA) is 21.3 Å². The Bertz CT molecular complexity index is 445. The molecule has 2 nitrogen and oxygen atoms in total. The molecule has 0 aromatic heterocycles. The molecule has 1 N–H and O–H groups in total. The molecule has 2 aliphatic carbocycles. The molecule has 0 amide bonds. The van der Waals surface area contributed by atoms with Gasteiger partial charge in [0.2, 0.25) is 0 Å². The van der Waals surface area contributed by atoms with Gasteiger partial charge in [0.25, 0.3) is 0 Å². The molecule has 1 atom stereocenters. The molecule has 1 fully saturated rings. The SMILES string of the molecule is CNC(CC1(OC)CCC1)c1ccc2c(c1)CCC2. The summed E-state index contributed by atoms with van der Waals surface area (Å²) in [6.45, 7) is 0. The highest BCUT2D eigenvalue weighted by atomic mass is 16.5. The van der Waals surface area contributed by atoms with Crippen LogP contribution in [-0.2, 0) is 17.6 Å². The van der Waals surface area contributed by atoms with Gasteiger partial charge in [-0.25, -0.2) is 0 Å². The summed E-state index contributed by atoms with van der Waals surface area (Å²) in [6, 6.07) is 7.49. The predicted octanol–water partition coefficient (Wildman–Crippen LogP) is 3.40. The minimum Gasteiger partial charge on any atom is -0.378 e. The molecule has 2 heteroatoms. The maximum absolute atomic E-state index is 5.78. The molecule has 1 aromatic rings. The van der Waals surface area contributed by atoms with Crippen LogP contribution in [0.4, 0.5) is 0 Å². The van der Waals surface area contributed by atoms with Crippen LogP contribution in [0.2, 0.25) is 0 Å². The van der Waals surface area contributed by atoms with E-state index in [4.69, 9.17) is 4.74 Å². The third kappa shape index (κ3) is 2.44. The van der Waals surface area contributed by atoms with E-state index in [0.29, 0.717) is 6.04 Å². The smallest absolute Gasteiger partial charge is 0.0697 e. The van der Waals surface area contributed by atoms with E-state index < -0.39 is 0 Å². The summed E-state index contributed by atoms with van der Waals surface area (Å²) >= 11 is 0. The minimum absolute atomic E-state index is 0.132. The molecule has 1 unspecified atom stereocenters. The fraction of sp³-hybridized carbons (Fsp3) is 0.647. The molecule has 0 radical (unpaired) electrons. The zero-order valence-electron chi connectivity index (χ0n) is 12.2. The van der Waals surface area contributed by atoms with Gasteiger partial charge in [0.05, 0.1) is 5.60 Å². The summed E-state index contributed by atoms with van der Waals surface area (Å²) in [5, 5.41) is 3.49. The standard InChI is InChI=1S/C17H25NO/c1-18-16(12-17(19-2)9-4-10-17)15-8-7-13-5-3-6-14(13)11-15/h7-8,11,16,18H,3-6,9-10,12H2,1-2H3. The van der Waals surface area contributed by atoms with Crippen LogP contribution >= 0.6 is 0 Å². The summed E-state index contributed by atoms with van der Waals surface area (Å²) in [5.41, 5.74) is 4.69. The number of ether oxygens (including phenoxy) is 1. The molecule has 1 aromatic carbocycles. The van der Waals surface area contributed by atoms with Crippen molar-refractivity contribution >= 4 is 0 Å². The first-order valence-corrected chi connectivity index (χ1v) is 7.60. The summed E-state index contributed by atoms with van der Waals surface area (Å²) in [5.74, 6) is 0. The third-order valence-electron chi connectivity index (χ3n) is 5.15. The Labute approximate surface area is 116 Å². The van der Waals surface area contributed by atoms with Crippen LogP contribution in [0.15, 0.2) is 18.2 Å².